The monoisotopic (exact) mass is 203 g/mol. The summed E-state index contributed by atoms with van der Waals surface area (Å²) in [5, 5.41) is 6.93. The third-order valence-corrected chi connectivity index (χ3v) is 3.71. The Morgan fingerprint density at radius 3 is 3.00 bits per heavy atom. The van der Waals surface area contributed by atoms with Gasteiger partial charge >= 0.3 is 0 Å². The zero-order valence-corrected chi connectivity index (χ0v) is 9.03. The van der Waals surface area contributed by atoms with Gasteiger partial charge in [-0.1, -0.05) is 0 Å². The van der Waals surface area contributed by atoms with Crippen molar-refractivity contribution in [1.82, 2.24) is 10.3 Å². The number of aryl methyl sites for hydroxylation is 1. The minimum Gasteiger partial charge on any atom is -0.385 e. The second-order valence-electron chi connectivity index (χ2n) is 4.72. The minimum atomic E-state index is 0.903. The first-order valence-corrected chi connectivity index (χ1v) is 5.72. The predicted molar refractivity (Wildman–Crippen MR) is 60.8 cm³/mol. The molecule has 2 heterocycles. The van der Waals surface area contributed by atoms with Crippen LogP contribution in [0.15, 0.2) is 18.3 Å². The molecule has 1 aliphatic heterocycles. The van der Waals surface area contributed by atoms with E-state index in [9.17, 15) is 0 Å². The number of nitrogens with zero attached hydrogens (tertiary/aromatic N) is 1. The van der Waals surface area contributed by atoms with Gasteiger partial charge in [0.2, 0.25) is 0 Å². The van der Waals surface area contributed by atoms with Crippen LogP contribution in [0.25, 0.3) is 0 Å². The summed E-state index contributed by atoms with van der Waals surface area (Å²) in [5.74, 6) is 2.79. The lowest BCUT2D eigenvalue weighted by Gasteiger charge is -2.08. The van der Waals surface area contributed by atoms with E-state index in [1.54, 1.807) is 0 Å². The lowest BCUT2D eigenvalue weighted by atomic mass is 10.2. The highest BCUT2D eigenvalue weighted by Crippen LogP contribution is 2.48. The van der Waals surface area contributed by atoms with Crippen molar-refractivity contribution in [3.63, 3.8) is 0 Å². The van der Waals surface area contributed by atoms with Crippen LogP contribution in [-0.4, -0.2) is 24.6 Å². The highest BCUT2D eigenvalue weighted by atomic mass is 15.0. The van der Waals surface area contributed by atoms with Crippen LogP contribution < -0.4 is 10.6 Å². The van der Waals surface area contributed by atoms with Crippen LogP contribution in [0.1, 0.15) is 5.69 Å². The molecule has 1 saturated carbocycles. The fraction of sp³-hybridized carbons (Fsp3) is 0.583. The Bertz CT molecular complexity index is 354. The molecule has 1 saturated heterocycles. The largest absolute Gasteiger partial charge is 0.385 e. The molecule has 1 aliphatic carbocycles. The Morgan fingerprint density at radius 1 is 1.47 bits per heavy atom. The van der Waals surface area contributed by atoms with E-state index in [1.165, 1.54) is 18.8 Å². The fourth-order valence-corrected chi connectivity index (χ4v) is 2.74. The molecule has 0 aromatic carbocycles. The van der Waals surface area contributed by atoms with Crippen molar-refractivity contribution in [3.8, 4) is 0 Å². The molecule has 2 N–H and O–H groups in total. The molecule has 3 rings (SSSR count). The number of rotatable bonds is 3. The zero-order valence-electron chi connectivity index (χ0n) is 9.03. The number of aromatic nitrogens is 1. The first kappa shape index (κ1) is 9.16. The lowest BCUT2D eigenvalue weighted by molar-refractivity contribution is 0.615. The number of anilines is 1. The standard InChI is InChI=1S/C12H17N3/c1-8-4-9(2-3-14-8)15-7-12-10-5-13-6-11(10)12/h2-4,10-13H,5-7H2,1H3,(H,14,15). The Kier molecular flexibility index (Phi) is 2.13. The summed E-state index contributed by atoms with van der Waals surface area (Å²) < 4.78 is 0. The van der Waals surface area contributed by atoms with E-state index in [-0.39, 0.29) is 0 Å². The van der Waals surface area contributed by atoms with Gasteiger partial charge in [-0.2, -0.15) is 0 Å². The molecule has 15 heavy (non-hydrogen) atoms. The van der Waals surface area contributed by atoms with Gasteiger partial charge in [-0.25, -0.2) is 0 Å². The van der Waals surface area contributed by atoms with E-state index in [1.807, 2.05) is 19.2 Å². The van der Waals surface area contributed by atoms with Crippen molar-refractivity contribution in [1.29, 1.82) is 0 Å². The van der Waals surface area contributed by atoms with Crippen molar-refractivity contribution in [2.75, 3.05) is 25.0 Å². The van der Waals surface area contributed by atoms with Crippen molar-refractivity contribution >= 4 is 5.69 Å². The molecule has 1 aromatic heterocycles. The highest BCUT2D eigenvalue weighted by molar-refractivity contribution is 5.43. The van der Waals surface area contributed by atoms with Gasteiger partial charge < -0.3 is 10.6 Å². The molecule has 80 valence electrons. The first-order chi connectivity index (χ1) is 7.34. The van der Waals surface area contributed by atoms with Crippen LogP contribution in [0, 0.1) is 24.7 Å². The molecule has 3 nitrogen and oxygen atoms in total. The average molecular weight is 203 g/mol. The Morgan fingerprint density at radius 2 is 2.27 bits per heavy atom. The molecule has 3 heteroatoms. The number of piperidine rings is 1. The van der Waals surface area contributed by atoms with Crippen molar-refractivity contribution in [3.05, 3.63) is 24.0 Å². The summed E-state index contributed by atoms with van der Waals surface area (Å²) in [4.78, 5) is 4.19. The second kappa shape index (κ2) is 3.49. The minimum absolute atomic E-state index is 0.903. The maximum atomic E-state index is 4.19. The molecule has 1 aromatic rings. The molecule has 0 bridgehead atoms. The number of fused-ring (bicyclic) bond motifs is 1. The molecule has 0 radical (unpaired) electrons. The highest BCUT2D eigenvalue weighted by Gasteiger charge is 2.52. The lowest BCUT2D eigenvalue weighted by Crippen LogP contribution is -2.18. The molecular weight excluding hydrogens is 186 g/mol. The van der Waals surface area contributed by atoms with Gasteiger partial charge in [0.25, 0.3) is 0 Å². The number of hydrogen-bond acceptors (Lipinski definition) is 3. The third kappa shape index (κ3) is 1.72. The van der Waals surface area contributed by atoms with Gasteiger partial charge in [0, 0.05) is 24.1 Å². The normalized spacial score (nSPS) is 32.5. The molecule has 2 fully saturated rings. The van der Waals surface area contributed by atoms with E-state index in [4.69, 9.17) is 0 Å². The second-order valence-corrected chi connectivity index (χ2v) is 4.72. The Labute approximate surface area is 90.3 Å². The Hall–Kier alpha value is -1.09. The molecule has 2 unspecified atom stereocenters. The SMILES string of the molecule is Cc1cc(NCC2C3CNCC32)ccn1. The summed E-state index contributed by atoms with van der Waals surface area (Å²) in [6, 6.07) is 4.15. The topological polar surface area (TPSA) is 37.0 Å². The van der Waals surface area contributed by atoms with Gasteiger partial charge in [-0.3, -0.25) is 4.98 Å². The fourth-order valence-electron chi connectivity index (χ4n) is 2.74. The van der Waals surface area contributed by atoms with Crippen LogP contribution in [0.3, 0.4) is 0 Å². The summed E-state index contributed by atoms with van der Waals surface area (Å²) in [6.45, 7) is 5.61. The van der Waals surface area contributed by atoms with Gasteiger partial charge in [0.05, 0.1) is 0 Å². The number of pyridine rings is 1. The molecule has 0 amide bonds. The van der Waals surface area contributed by atoms with Crippen LogP contribution in [0.2, 0.25) is 0 Å². The van der Waals surface area contributed by atoms with Crippen LogP contribution in [0.4, 0.5) is 5.69 Å². The number of nitrogens with one attached hydrogen (secondary N) is 2. The maximum Gasteiger partial charge on any atom is 0.0393 e. The van der Waals surface area contributed by atoms with Gasteiger partial charge in [0.15, 0.2) is 0 Å². The predicted octanol–water partition coefficient (Wildman–Crippen LogP) is 1.27. The van der Waals surface area contributed by atoms with E-state index in [0.29, 0.717) is 0 Å². The summed E-state index contributed by atoms with van der Waals surface area (Å²) in [7, 11) is 0. The quantitative estimate of drug-likeness (QED) is 0.776. The van der Waals surface area contributed by atoms with Crippen molar-refractivity contribution in [2.45, 2.75) is 6.92 Å². The Balaban J connectivity index is 1.54. The van der Waals surface area contributed by atoms with Crippen LogP contribution in [0.5, 0.6) is 0 Å². The van der Waals surface area contributed by atoms with Crippen molar-refractivity contribution < 1.29 is 0 Å². The molecule has 0 spiro atoms. The van der Waals surface area contributed by atoms with Crippen LogP contribution in [-0.2, 0) is 0 Å². The van der Waals surface area contributed by atoms with Gasteiger partial charge in [0.1, 0.15) is 0 Å². The van der Waals surface area contributed by atoms with E-state index < -0.39 is 0 Å². The molecular formula is C12H17N3. The summed E-state index contributed by atoms with van der Waals surface area (Å²) >= 11 is 0. The van der Waals surface area contributed by atoms with Gasteiger partial charge in [-0.15, -0.1) is 0 Å². The maximum absolute atomic E-state index is 4.19. The third-order valence-electron chi connectivity index (χ3n) is 3.71. The smallest absolute Gasteiger partial charge is 0.0393 e. The zero-order chi connectivity index (χ0) is 10.3. The van der Waals surface area contributed by atoms with Crippen LogP contribution >= 0.6 is 0 Å². The van der Waals surface area contributed by atoms with E-state index in [2.05, 4.69) is 21.7 Å². The van der Waals surface area contributed by atoms with Crippen molar-refractivity contribution in [2.24, 2.45) is 17.8 Å². The van der Waals surface area contributed by atoms with Gasteiger partial charge in [-0.05, 0) is 49.9 Å². The molecule has 2 atom stereocenters. The van der Waals surface area contributed by atoms with E-state index in [0.717, 1.165) is 30.0 Å². The molecule has 2 aliphatic rings. The number of hydrogen-bond donors (Lipinski definition) is 2. The van der Waals surface area contributed by atoms with E-state index >= 15 is 0 Å². The average Bonchev–Trinajstić information content (AvgIpc) is 2.69. The summed E-state index contributed by atoms with van der Waals surface area (Å²) in [5.41, 5.74) is 2.29. The first-order valence-electron chi connectivity index (χ1n) is 5.72. The summed E-state index contributed by atoms with van der Waals surface area (Å²) in [6.07, 6.45) is 1.87.